The van der Waals surface area contributed by atoms with E-state index in [9.17, 15) is 34.2 Å². The van der Waals surface area contributed by atoms with E-state index in [1.165, 1.54) is 21.8 Å². The number of hydrogen-bond donors (Lipinski definition) is 8. The number of ether oxygens (including phenoxy) is 2. The lowest BCUT2D eigenvalue weighted by Crippen LogP contribution is -2.44. The smallest absolute Gasteiger partial charge is 0.394 e. The van der Waals surface area contributed by atoms with Crippen molar-refractivity contribution in [1.29, 1.82) is 0 Å². The maximum absolute atomic E-state index is 12.2. The second kappa shape index (κ2) is 9.96. The minimum absolute atomic E-state index is 0.0194. The highest BCUT2D eigenvalue weighted by molar-refractivity contribution is 7.46. The number of H-pyrrole nitrogens is 2. The first-order valence-electron chi connectivity index (χ1n) is 12.2. The van der Waals surface area contributed by atoms with Crippen LogP contribution in [0, 0.1) is 5.92 Å². The van der Waals surface area contributed by atoms with Gasteiger partial charge < -0.3 is 40.9 Å². The first-order valence-corrected chi connectivity index (χ1v) is 13.7. The average molecular weight is 596 g/mol. The van der Waals surface area contributed by atoms with Crippen molar-refractivity contribution in [3.8, 4) is 0 Å². The number of aliphatic hydroxyl groups excluding tert-OH is 2. The Hall–Kier alpha value is -3.75. The second-order valence-corrected chi connectivity index (χ2v) is 10.9. The molecule has 220 valence electrons. The van der Waals surface area contributed by atoms with Gasteiger partial charge in [0, 0.05) is 18.8 Å². The molecule has 2 aliphatic rings. The molecule has 4 aromatic rings. The minimum atomic E-state index is -5.17. The molecule has 4 aromatic heterocycles. The standard InChI is InChI=1S/C20H25N10O10P/c21-19-25-15-11(17(33)27-19)23-4-29(15)9-1-6(8(3-31)38-9)13(40-41(35,36)37)14-7(32)2-10(39-14)30-5-24-12-16(30)26-20(22)28-18(12)34/h4-10,13-14,31-32H,1-3H2,(H2,35,36,37)(H3,21,25,27,33)(H3,22,26,28,34)/t6?,7-,8-,9+,10+,13?,14+/m0/s1. The van der Waals surface area contributed by atoms with E-state index in [-0.39, 0.29) is 47.1 Å². The Labute approximate surface area is 227 Å². The van der Waals surface area contributed by atoms with Gasteiger partial charge in [-0.05, 0) is 0 Å². The topological polar surface area (TPSA) is 305 Å². The SMILES string of the molecule is Nc1nc2c(ncn2[C@H]2CC(C(OP(=O)(O)O)[C@@H]3O[C@@H](n4cnc5c(=O)[nH]c(N)nc54)C[C@@H]3O)[C@H](CO)O2)c(=O)[nH]1. The molecule has 2 saturated heterocycles. The van der Waals surface area contributed by atoms with Crippen LogP contribution in [0.1, 0.15) is 25.3 Å². The molecule has 0 aliphatic carbocycles. The predicted molar refractivity (Wildman–Crippen MR) is 136 cm³/mol. The van der Waals surface area contributed by atoms with Gasteiger partial charge in [0.25, 0.3) is 11.1 Å². The fourth-order valence-electron chi connectivity index (χ4n) is 5.44. The molecule has 6 heterocycles. The van der Waals surface area contributed by atoms with Crippen molar-refractivity contribution in [1.82, 2.24) is 39.0 Å². The summed E-state index contributed by atoms with van der Waals surface area (Å²) in [5.41, 5.74) is 10.3. The normalized spacial score (nSPS) is 27.7. The van der Waals surface area contributed by atoms with Gasteiger partial charge in [0.05, 0.1) is 31.5 Å². The average Bonchev–Trinajstić information content (AvgIpc) is 3.66. The summed E-state index contributed by atoms with van der Waals surface area (Å²) in [5, 5.41) is 21.1. The molecular formula is C20H25N10O10P. The molecule has 0 saturated carbocycles. The Balaban J connectivity index is 1.33. The molecular weight excluding hydrogens is 571 g/mol. The lowest BCUT2D eigenvalue weighted by molar-refractivity contribution is -0.111. The van der Waals surface area contributed by atoms with Crippen LogP contribution in [-0.2, 0) is 18.6 Å². The van der Waals surface area contributed by atoms with Crippen LogP contribution in [-0.4, -0.2) is 90.1 Å². The maximum Gasteiger partial charge on any atom is 0.469 e. The number of nitrogens with zero attached hydrogens (tertiary/aromatic N) is 6. The third kappa shape index (κ3) is 4.89. The number of nitrogens with one attached hydrogen (secondary N) is 2. The predicted octanol–water partition coefficient (Wildman–Crippen LogP) is -2.56. The number of anilines is 2. The highest BCUT2D eigenvalue weighted by Gasteiger charge is 2.51. The van der Waals surface area contributed by atoms with Gasteiger partial charge in [-0.1, -0.05) is 0 Å². The number of aromatic nitrogens is 8. The number of aromatic amines is 2. The third-order valence-electron chi connectivity index (χ3n) is 7.13. The zero-order chi connectivity index (χ0) is 29.2. The molecule has 2 fully saturated rings. The van der Waals surface area contributed by atoms with Crippen LogP contribution in [0.25, 0.3) is 22.3 Å². The molecule has 2 unspecified atom stereocenters. The van der Waals surface area contributed by atoms with Crippen LogP contribution < -0.4 is 22.6 Å². The van der Waals surface area contributed by atoms with E-state index >= 15 is 0 Å². The van der Waals surface area contributed by atoms with Crippen LogP contribution in [0.15, 0.2) is 22.2 Å². The van der Waals surface area contributed by atoms with E-state index in [1.54, 1.807) is 0 Å². The van der Waals surface area contributed by atoms with Crippen molar-refractivity contribution in [2.75, 3.05) is 18.1 Å². The molecule has 41 heavy (non-hydrogen) atoms. The van der Waals surface area contributed by atoms with Crippen molar-refractivity contribution < 1.29 is 38.6 Å². The van der Waals surface area contributed by atoms with E-state index in [0.717, 1.165) is 0 Å². The summed E-state index contributed by atoms with van der Waals surface area (Å²) in [6, 6.07) is 0. The summed E-state index contributed by atoms with van der Waals surface area (Å²) in [5.74, 6) is -1.28. The monoisotopic (exact) mass is 596 g/mol. The molecule has 0 aromatic carbocycles. The van der Waals surface area contributed by atoms with E-state index in [4.69, 9.17) is 25.5 Å². The van der Waals surface area contributed by atoms with Crippen molar-refractivity contribution >= 4 is 42.0 Å². The quantitative estimate of drug-likeness (QED) is 0.102. The number of hydrogen-bond acceptors (Lipinski definition) is 14. The second-order valence-electron chi connectivity index (χ2n) is 9.68. The summed E-state index contributed by atoms with van der Waals surface area (Å²) in [4.78, 5) is 64.8. The van der Waals surface area contributed by atoms with Gasteiger partial charge in [-0.3, -0.25) is 33.2 Å². The van der Waals surface area contributed by atoms with Gasteiger partial charge in [0.2, 0.25) is 11.9 Å². The molecule has 21 heteroatoms. The molecule has 7 atom stereocenters. The highest BCUT2D eigenvalue weighted by Crippen LogP contribution is 2.48. The minimum Gasteiger partial charge on any atom is -0.394 e. The lowest BCUT2D eigenvalue weighted by Gasteiger charge is -2.32. The first kappa shape index (κ1) is 27.4. The lowest BCUT2D eigenvalue weighted by atomic mass is 9.89. The van der Waals surface area contributed by atoms with Gasteiger partial charge in [0.15, 0.2) is 22.3 Å². The molecule has 0 amide bonds. The fourth-order valence-corrected chi connectivity index (χ4v) is 6.03. The number of aliphatic hydroxyl groups is 2. The molecule has 10 N–H and O–H groups in total. The summed E-state index contributed by atoms with van der Waals surface area (Å²) in [6.07, 6.45) is -4.64. The molecule has 0 bridgehead atoms. The summed E-state index contributed by atoms with van der Waals surface area (Å²) in [7, 11) is -5.17. The zero-order valence-electron chi connectivity index (χ0n) is 20.8. The largest absolute Gasteiger partial charge is 0.469 e. The number of rotatable bonds is 7. The Morgan fingerprint density at radius 3 is 2.05 bits per heavy atom. The molecule has 6 rings (SSSR count). The van der Waals surface area contributed by atoms with E-state index < -0.39 is 68.3 Å². The van der Waals surface area contributed by atoms with Crippen LogP contribution in [0.3, 0.4) is 0 Å². The zero-order valence-corrected chi connectivity index (χ0v) is 21.7. The Morgan fingerprint density at radius 1 is 1.00 bits per heavy atom. The van der Waals surface area contributed by atoms with Crippen LogP contribution in [0.4, 0.5) is 11.9 Å². The summed E-state index contributed by atoms with van der Waals surface area (Å²) >= 11 is 0. The van der Waals surface area contributed by atoms with Crippen molar-refractivity contribution in [3.05, 3.63) is 33.4 Å². The Kier molecular flexibility index (Phi) is 6.66. The Morgan fingerprint density at radius 2 is 1.54 bits per heavy atom. The number of nitrogen functional groups attached to an aromatic ring is 2. The van der Waals surface area contributed by atoms with Crippen molar-refractivity contribution in [2.24, 2.45) is 5.92 Å². The van der Waals surface area contributed by atoms with Gasteiger partial charge >= 0.3 is 7.82 Å². The number of nitrogens with two attached hydrogens (primary N) is 2. The van der Waals surface area contributed by atoms with Crippen LogP contribution >= 0.6 is 7.82 Å². The van der Waals surface area contributed by atoms with Crippen LogP contribution in [0.5, 0.6) is 0 Å². The summed E-state index contributed by atoms with van der Waals surface area (Å²) < 4.78 is 32.0. The van der Waals surface area contributed by atoms with Crippen molar-refractivity contribution in [3.63, 3.8) is 0 Å². The van der Waals surface area contributed by atoms with E-state index in [1.807, 2.05) is 0 Å². The van der Waals surface area contributed by atoms with Gasteiger partial charge in [-0.2, -0.15) is 9.97 Å². The molecule has 0 spiro atoms. The summed E-state index contributed by atoms with van der Waals surface area (Å²) in [6.45, 7) is -0.588. The third-order valence-corrected chi connectivity index (χ3v) is 7.64. The van der Waals surface area contributed by atoms with Crippen LogP contribution in [0.2, 0.25) is 0 Å². The number of fused-ring (bicyclic) bond motifs is 2. The number of phosphoric ester groups is 1. The Bertz CT molecular complexity index is 1780. The van der Waals surface area contributed by atoms with Crippen molar-refractivity contribution in [2.45, 2.75) is 49.7 Å². The van der Waals surface area contributed by atoms with Gasteiger partial charge in [0.1, 0.15) is 24.7 Å². The van der Waals surface area contributed by atoms with Gasteiger partial charge in [-0.15, -0.1) is 0 Å². The fraction of sp³-hybridized carbons (Fsp3) is 0.500. The van der Waals surface area contributed by atoms with E-state index in [2.05, 4.69) is 29.9 Å². The number of imidazole rings is 2. The molecule has 0 radical (unpaired) electrons. The van der Waals surface area contributed by atoms with E-state index in [0.29, 0.717) is 0 Å². The molecule has 2 aliphatic heterocycles. The van der Waals surface area contributed by atoms with Gasteiger partial charge in [-0.25, -0.2) is 14.5 Å². The maximum atomic E-state index is 12.2. The highest BCUT2D eigenvalue weighted by atomic mass is 31.2. The number of phosphoric acid groups is 1. The first-order chi connectivity index (χ1) is 19.4. The molecule has 20 nitrogen and oxygen atoms in total.